The largest absolute Gasteiger partial charge is 0.489 e. The fourth-order valence-electron chi connectivity index (χ4n) is 4.02. The average molecular weight is 354 g/mol. The molecule has 3 rings (SSSR count). The predicted molar refractivity (Wildman–Crippen MR) is 106 cm³/mol. The van der Waals surface area contributed by atoms with E-state index in [1.54, 1.807) is 0 Å². The highest BCUT2D eigenvalue weighted by molar-refractivity contribution is 6.00. The van der Waals surface area contributed by atoms with Crippen LogP contribution < -0.4 is 10.1 Å². The molecule has 0 saturated heterocycles. The third-order valence-corrected chi connectivity index (χ3v) is 5.16. The molecule has 1 fully saturated rings. The Morgan fingerprint density at radius 1 is 1.23 bits per heavy atom. The molecule has 1 aliphatic rings. The second-order valence-electron chi connectivity index (χ2n) is 7.53. The monoisotopic (exact) mass is 354 g/mol. The number of ether oxygens (including phenoxy) is 1. The molecule has 4 nitrogen and oxygen atoms in total. The van der Waals surface area contributed by atoms with E-state index < -0.39 is 0 Å². The highest BCUT2D eigenvalue weighted by Crippen LogP contribution is 2.33. The first-order chi connectivity index (χ1) is 12.5. The molecule has 0 atom stereocenters. The standard InChI is InChI=1S/C22H30N2O2/c1-15(2)26-22-12-8-7-11-20(22)23-14-21(25)19-13-16(3)24(17(19)4)18-9-5-6-10-18/h7-8,11-13,15,18,23H,5-6,9-10,14H2,1-4H3. The van der Waals surface area contributed by atoms with Crippen LogP contribution in [0.25, 0.3) is 0 Å². The number of anilines is 1. The lowest BCUT2D eigenvalue weighted by atomic mass is 10.1. The van der Waals surface area contributed by atoms with E-state index in [2.05, 4.69) is 23.7 Å². The number of benzene rings is 1. The topological polar surface area (TPSA) is 43.3 Å². The van der Waals surface area contributed by atoms with Crippen molar-refractivity contribution in [3.8, 4) is 5.75 Å². The third-order valence-electron chi connectivity index (χ3n) is 5.16. The van der Waals surface area contributed by atoms with Crippen molar-refractivity contribution in [3.05, 3.63) is 47.3 Å². The third kappa shape index (κ3) is 3.95. The lowest BCUT2D eigenvalue weighted by Crippen LogP contribution is -2.17. The van der Waals surface area contributed by atoms with Crippen LogP contribution in [0.5, 0.6) is 5.75 Å². The van der Waals surface area contributed by atoms with Crippen molar-refractivity contribution in [2.45, 2.75) is 65.5 Å². The van der Waals surface area contributed by atoms with Gasteiger partial charge in [0.05, 0.1) is 18.3 Å². The summed E-state index contributed by atoms with van der Waals surface area (Å²) in [6, 6.07) is 10.4. The van der Waals surface area contributed by atoms with Gasteiger partial charge in [0.1, 0.15) is 5.75 Å². The van der Waals surface area contributed by atoms with Gasteiger partial charge in [-0.25, -0.2) is 0 Å². The summed E-state index contributed by atoms with van der Waals surface area (Å²) in [4.78, 5) is 12.8. The number of aryl methyl sites for hydroxylation is 1. The number of rotatable bonds is 7. The number of para-hydroxylation sites is 2. The molecule has 1 saturated carbocycles. The fraction of sp³-hybridized carbons (Fsp3) is 0.500. The van der Waals surface area contributed by atoms with Crippen molar-refractivity contribution < 1.29 is 9.53 Å². The Morgan fingerprint density at radius 3 is 2.62 bits per heavy atom. The smallest absolute Gasteiger partial charge is 0.183 e. The number of hydrogen-bond donors (Lipinski definition) is 1. The molecule has 1 heterocycles. The Balaban J connectivity index is 1.72. The number of hydrogen-bond acceptors (Lipinski definition) is 3. The van der Waals surface area contributed by atoms with E-state index in [1.807, 2.05) is 44.2 Å². The average Bonchev–Trinajstić information content (AvgIpc) is 3.21. The van der Waals surface area contributed by atoms with Gasteiger partial charge in [-0.15, -0.1) is 0 Å². The molecule has 1 aliphatic carbocycles. The van der Waals surface area contributed by atoms with Crippen molar-refractivity contribution in [1.29, 1.82) is 0 Å². The maximum absolute atomic E-state index is 12.8. The fourth-order valence-corrected chi connectivity index (χ4v) is 4.02. The van der Waals surface area contributed by atoms with Crippen LogP contribution in [-0.4, -0.2) is 23.0 Å². The summed E-state index contributed by atoms with van der Waals surface area (Å²) in [5.74, 6) is 0.911. The summed E-state index contributed by atoms with van der Waals surface area (Å²) in [7, 11) is 0. The zero-order chi connectivity index (χ0) is 18.7. The van der Waals surface area contributed by atoms with Gasteiger partial charge in [0, 0.05) is 23.0 Å². The van der Waals surface area contributed by atoms with Crippen LogP contribution in [-0.2, 0) is 0 Å². The molecule has 2 aromatic rings. The number of aromatic nitrogens is 1. The minimum atomic E-state index is 0.0963. The summed E-state index contributed by atoms with van der Waals surface area (Å²) in [5, 5.41) is 3.26. The number of Topliss-reactive ketones (excluding diaryl/α,β-unsaturated/α-hetero) is 1. The lowest BCUT2D eigenvalue weighted by molar-refractivity contribution is 0.101. The van der Waals surface area contributed by atoms with E-state index >= 15 is 0 Å². The van der Waals surface area contributed by atoms with Gasteiger partial charge in [-0.1, -0.05) is 25.0 Å². The van der Waals surface area contributed by atoms with E-state index in [0.29, 0.717) is 6.04 Å². The Morgan fingerprint density at radius 2 is 1.92 bits per heavy atom. The Bertz CT molecular complexity index is 770. The maximum Gasteiger partial charge on any atom is 0.183 e. The van der Waals surface area contributed by atoms with Crippen LogP contribution in [0.3, 0.4) is 0 Å². The van der Waals surface area contributed by atoms with Crippen molar-refractivity contribution in [2.24, 2.45) is 0 Å². The molecule has 4 heteroatoms. The van der Waals surface area contributed by atoms with Gasteiger partial charge in [-0.05, 0) is 58.7 Å². The van der Waals surface area contributed by atoms with Crippen LogP contribution in [0.15, 0.2) is 30.3 Å². The van der Waals surface area contributed by atoms with Gasteiger partial charge < -0.3 is 14.6 Å². The van der Waals surface area contributed by atoms with Gasteiger partial charge in [0.25, 0.3) is 0 Å². The number of carbonyl (C=O) groups excluding carboxylic acids is 1. The number of nitrogens with one attached hydrogen (secondary N) is 1. The maximum atomic E-state index is 12.8. The molecule has 26 heavy (non-hydrogen) atoms. The van der Waals surface area contributed by atoms with Gasteiger partial charge in [-0.2, -0.15) is 0 Å². The van der Waals surface area contributed by atoms with Gasteiger partial charge >= 0.3 is 0 Å². The normalized spacial score (nSPS) is 14.8. The Labute approximate surface area is 156 Å². The van der Waals surface area contributed by atoms with Gasteiger partial charge in [0.2, 0.25) is 0 Å². The van der Waals surface area contributed by atoms with Crippen molar-refractivity contribution in [1.82, 2.24) is 4.57 Å². The highest BCUT2D eigenvalue weighted by atomic mass is 16.5. The summed E-state index contributed by atoms with van der Waals surface area (Å²) in [5.41, 5.74) is 4.00. The van der Waals surface area contributed by atoms with Crippen molar-refractivity contribution >= 4 is 11.5 Å². The zero-order valence-corrected chi connectivity index (χ0v) is 16.3. The van der Waals surface area contributed by atoms with Crippen LogP contribution in [0.2, 0.25) is 0 Å². The molecule has 1 N–H and O–H groups in total. The first kappa shape index (κ1) is 18.6. The zero-order valence-electron chi connectivity index (χ0n) is 16.3. The molecular weight excluding hydrogens is 324 g/mol. The summed E-state index contributed by atoms with van der Waals surface area (Å²) in [6.45, 7) is 8.46. The number of ketones is 1. The summed E-state index contributed by atoms with van der Waals surface area (Å²) < 4.78 is 8.19. The Kier molecular flexibility index (Phi) is 5.70. The minimum Gasteiger partial charge on any atom is -0.489 e. The molecule has 0 aliphatic heterocycles. The first-order valence-corrected chi connectivity index (χ1v) is 9.68. The van der Waals surface area contributed by atoms with Crippen molar-refractivity contribution in [3.63, 3.8) is 0 Å². The van der Waals surface area contributed by atoms with Crippen molar-refractivity contribution in [2.75, 3.05) is 11.9 Å². The van der Waals surface area contributed by atoms with E-state index in [9.17, 15) is 4.79 Å². The van der Waals surface area contributed by atoms with Crippen LogP contribution >= 0.6 is 0 Å². The highest BCUT2D eigenvalue weighted by Gasteiger charge is 2.23. The molecule has 1 aromatic carbocycles. The van der Waals surface area contributed by atoms with E-state index in [0.717, 1.165) is 22.7 Å². The summed E-state index contributed by atoms with van der Waals surface area (Å²) in [6.07, 6.45) is 5.13. The van der Waals surface area contributed by atoms with Crippen LogP contribution in [0.1, 0.15) is 67.3 Å². The number of nitrogens with zero attached hydrogens (tertiary/aromatic N) is 1. The van der Waals surface area contributed by atoms with Gasteiger partial charge in [0.15, 0.2) is 5.78 Å². The first-order valence-electron chi connectivity index (χ1n) is 9.68. The van der Waals surface area contributed by atoms with Gasteiger partial charge in [-0.3, -0.25) is 4.79 Å². The van der Waals surface area contributed by atoms with Crippen LogP contribution in [0, 0.1) is 13.8 Å². The molecule has 0 unspecified atom stereocenters. The number of carbonyl (C=O) groups is 1. The molecule has 1 aromatic heterocycles. The minimum absolute atomic E-state index is 0.0963. The molecular formula is C22H30N2O2. The van der Waals surface area contributed by atoms with E-state index in [-0.39, 0.29) is 18.4 Å². The van der Waals surface area contributed by atoms with E-state index in [4.69, 9.17) is 4.74 Å². The summed E-state index contributed by atoms with van der Waals surface area (Å²) >= 11 is 0. The quantitative estimate of drug-likeness (QED) is 0.686. The molecule has 0 radical (unpaired) electrons. The van der Waals surface area contributed by atoms with E-state index in [1.165, 1.54) is 31.4 Å². The molecule has 0 amide bonds. The predicted octanol–water partition coefficient (Wildman–Crippen LogP) is 5.30. The molecule has 0 bridgehead atoms. The lowest BCUT2D eigenvalue weighted by Gasteiger charge is -2.17. The van der Waals surface area contributed by atoms with Crippen LogP contribution in [0.4, 0.5) is 5.69 Å². The second kappa shape index (κ2) is 7.98. The molecule has 140 valence electrons. The second-order valence-corrected chi connectivity index (χ2v) is 7.53. The Hall–Kier alpha value is -2.23. The molecule has 0 spiro atoms. The SMILES string of the molecule is Cc1cc(C(=O)CNc2ccccc2OC(C)C)c(C)n1C1CCCC1.